The minimum Gasteiger partial charge on any atom is -0.334 e. The Morgan fingerprint density at radius 2 is 2.05 bits per heavy atom. The van der Waals surface area contributed by atoms with Crippen LogP contribution in [-0.2, 0) is 6.54 Å². The van der Waals surface area contributed by atoms with Gasteiger partial charge in [0.2, 0.25) is 0 Å². The molecule has 1 fully saturated rings. The Morgan fingerprint density at radius 3 is 2.82 bits per heavy atom. The number of benzene rings is 2. The minimum absolute atomic E-state index is 0.108. The van der Waals surface area contributed by atoms with Crippen LogP contribution < -0.4 is 5.32 Å². The molecule has 0 unspecified atom stereocenters. The van der Waals surface area contributed by atoms with E-state index in [2.05, 4.69) is 5.32 Å². The summed E-state index contributed by atoms with van der Waals surface area (Å²) in [6.07, 6.45) is 0. The third kappa shape index (κ3) is 3.42. The van der Waals surface area contributed by atoms with Crippen LogP contribution in [0, 0.1) is 5.82 Å². The molecule has 0 aliphatic carbocycles. The Hall–Kier alpha value is -2.01. The second-order valence-corrected chi connectivity index (χ2v) is 6.30. The molecule has 1 atom stereocenters. The SMILES string of the molecule is O=C(NCc1ccccc1)N1CCS[C@@H]1c1cccc(F)c1. The number of nitrogens with one attached hydrogen (secondary N) is 1. The lowest BCUT2D eigenvalue weighted by Crippen LogP contribution is -2.39. The van der Waals surface area contributed by atoms with Crippen LogP contribution in [0.4, 0.5) is 9.18 Å². The smallest absolute Gasteiger partial charge is 0.318 e. The van der Waals surface area contributed by atoms with Gasteiger partial charge in [-0.1, -0.05) is 42.5 Å². The molecule has 2 aromatic rings. The van der Waals surface area contributed by atoms with Crippen LogP contribution in [0.1, 0.15) is 16.5 Å². The lowest BCUT2D eigenvalue weighted by molar-refractivity contribution is 0.200. The quantitative estimate of drug-likeness (QED) is 0.934. The van der Waals surface area contributed by atoms with Crippen LogP contribution >= 0.6 is 11.8 Å². The summed E-state index contributed by atoms with van der Waals surface area (Å²) in [6, 6.07) is 16.2. The second-order valence-electron chi connectivity index (χ2n) is 5.12. The number of nitrogens with zero attached hydrogens (tertiary/aromatic N) is 1. The number of urea groups is 1. The summed E-state index contributed by atoms with van der Waals surface area (Å²) in [7, 11) is 0. The van der Waals surface area contributed by atoms with Gasteiger partial charge in [-0.2, -0.15) is 0 Å². The van der Waals surface area contributed by atoms with Gasteiger partial charge in [-0.3, -0.25) is 0 Å². The molecular weight excluding hydrogens is 299 g/mol. The molecule has 0 radical (unpaired) electrons. The molecule has 114 valence electrons. The average Bonchev–Trinajstić information content (AvgIpc) is 3.03. The molecule has 0 bridgehead atoms. The van der Waals surface area contributed by atoms with Gasteiger partial charge < -0.3 is 10.2 Å². The third-order valence-electron chi connectivity index (χ3n) is 3.57. The zero-order valence-corrected chi connectivity index (χ0v) is 12.9. The van der Waals surface area contributed by atoms with Crippen molar-refractivity contribution in [1.29, 1.82) is 0 Å². The van der Waals surface area contributed by atoms with Crippen molar-refractivity contribution in [2.24, 2.45) is 0 Å². The molecule has 0 saturated carbocycles. The summed E-state index contributed by atoms with van der Waals surface area (Å²) in [5, 5.41) is 2.82. The molecule has 2 aromatic carbocycles. The van der Waals surface area contributed by atoms with Crippen molar-refractivity contribution in [2.75, 3.05) is 12.3 Å². The standard InChI is InChI=1S/C17H17FN2OS/c18-15-8-4-7-14(11-15)16-20(9-10-22-16)17(21)19-12-13-5-2-1-3-6-13/h1-8,11,16H,9-10,12H2,(H,19,21)/t16-/m1/s1. The molecule has 3 rings (SSSR count). The number of amides is 2. The van der Waals surface area contributed by atoms with Crippen molar-refractivity contribution < 1.29 is 9.18 Å². The molecule has 2 amide bonds. The third-order valence-corrected chi connectivity index (χ3v) is 4.83. The van der Waals surface area contributed by atoms with Crippen LogP contribution in [0.3, 0.4) is 0 Å². The van der Waals surface area contributed by atoms with Gasteiger partial charge in [-0.25, -0.2) is 9.18 Å². The van der Waals surface area contributed by atoms with Crippen molar-refractivity contribution >= 4 is 17.8 Å². The number of rotatable bonds is 3. The summed E-state index contributed by atoms with van der Waals surface area (Å²) in [5.74, 6) is 0.592. The topological polar surface area (TPSA) is 32.3 Å². The first kappa shape index (κ1) is 14.9. The summed E-state index contributed by atoms with van der Waals surface area (Å²) < 4.78 is 13.4. The van der Waals surface area contributed by atoms with Gasteiger partial charge in [0.1, 0.15) is 11.2 Å². The molecule has 1 N–H and O–H groups in total. The van der Waals surface area contributed by atoms with Crippen molar-refractivity contribution in [3.8, 4) is 0 Å². The fourth-order valence-electron chi connectivity index (χ4n) is 2.49. The Morgan fingerprint density at radius 1 is 1.23 bits per heavy atom. The fourth-order valence-corrected chi connectivity index (χ4v) is 3.73. The van der Waals surface area contributed by atoms with E-state index in [1.54, 1.807) is 22.7 Å². The van der Waals surface area contributed by atoms with Crippen molar-refractivity contribution in [3.05, 3.63) is 71.5 Å². The lowest BCUT2D eigenvalue weighted by atomic mass is 10.2. The van der Waals surface area contributed by atoms with Gasteiger partial charge in [0, 0.05) is 18.8 Å². The molecule has 0 spiro atoms. The van der Waals surface area contributed by atoms with E-state index in [1.807, 2.05) is 36.4 Å². The monoisotopic (exact) mass is 316 g/mol. The largest absolute Gasteiger partial charge is 0.334 e. The minimum atomic E-state index is -0.269. The number of thioether (sulfide) groups is 1. The Kier molecular flexibility index (Phi) is 4.63. The molecular formula is C17H17FN2OS. The Balaban J connectivity index is 1.66. The Bertz CT molecular complexity index is 650. The summed E-state index contributed by atoms with van der Waals surface area (Å²) in [5.41, 5.74) is 1.89. The van der Waals surface area contributed by atoms with Crippen LogP contribution in [0.5, 0.6) is 0 Å². The molecule has 3 nitrogen and oxygen atoms in total. The number of halogens is 1. The molecule has 1 heterocycles. The normalized spacial score (nSPS) is 17.5. The van der Waals surface area contributed by atoms with E-state index in [9.17, 15) is 9.18 Å². The van der Waals surface area contributed by atoms with E-state index >= 15 is 0 Å². The highest BCUT2D eigenvalue weighted by Gasteiger charge is 2.30. The van der Waals surface area contributed by atoms with Crippen molar-refractivity contribution in [2.45, 2.75) is 11.9 Å². The molecule has 1 saturated heterocycles. The van der Waals surface area contributed by atoms with Crippen LogP contribution in [0.2, 0.25) is 0 Å². The summed E-state index contributed by atoms with van der Waals surface area (Å²) >= 11 is 1.66. The number of carbonyl (C=O) groups is 1. The van der Waals surface area contributed by atoms with E-state index in [0.29, 0.717) is 13.1 Å². The predicted molar refractivity (Wildman–Crippen MR) is 87.0 cm³/mol. The molecule has 1 aliphatic rings. The van der Waals surface area contributed by atoms with E-state index < -0.39 is 0 Å². The van der Waals surface area contributed by atoms with E-state index in [0.717, 1.165) is 16.9 Å². The van der Waals surface area contributed by atoms with Gasteiger partial charge in [0.15, 0.2) is 0 Å². The maximum Gasteiger partial charge on any atom is 0.318 e. The highest BCUT2D eigenvalue weighted by Crippen LogP contribution is 2.37. The molecule has 1 aliphatic heterocycles. The maximum absolute atomic E-state index is 13.4. The van der Waals surface area contributed by atoms with Crippen molar-refractivity contribution in [1.82, 2.24) is 10.2 Å². The van der Waals surface area contributed by atoms with Crippen LogP contribution in [0.25, 0.3) is 0 Å². The first-order valence-electron chi connectivity index (χ1n) is 7.19. The first-order chi connectivity index (χ1) is 10.7. The van der Waals surface area contributed by atoms with Gasteiger partial charge in [0.05, 0.1) is 0 Å². The van der Waals surface area contributed by atoms with Gasteiger partial charge in [-0.05, 0) is 23.3 Å². The van der Waals surface area contributed by atoms with Crippen LogP contribution in [-0.4, -0.2) is 23.2 Å². The lowest BCUT2D eigenvalue weighted by Gasteiger charge is -2.24. The average molecular weight is 316 g/mol. The zero-order chi connectivity index (χ0) is 15.4. The van der Waals surface area contributed by atoms with Gasteiger partial charge in [0.25, 0.3) is 0 Å². The molecule has 22 heavy (non-hydrogen) atoms. The fraction of sp³-hybridized carbons (Fsp3) is 0.235. The van der Waals surface area contributed by atoms with Crippen molar-refractivity contribution in [3.63, 3.8) is 0 Å². The molecule has 5 heteroatoms. The zero-order valence-electron chi connectivity index (χ0n) is 12.0. The van der Waals surface area contributed by atoms with E-state index in [-0.39, 0.29) is 17.2 Å². The number of hydrogen-bond donors (Lipinski definition) is 1. The first-order valence-corrected chi connectivity index (χ1v) is 8.24. The predicted octanol–water partition coefficient (Wildman–Crippen LogP) is 3.78. The van der Waals surface area contributed by atoms with E-state index in [4.69, 9.17) is 0 Å². The number of hydrogen-bond acceptors (Lipinski definition) is 2. The van der Waals surface area contributed by atoms with Gasteiger partial charge in [-0.15, -0.1) is 11.8 Å². The molecule has 0 aromatic heterocycles. The Labute approximate surface area is 133 Å². The highest BCUT2D eigenvalue weighted by molar-refractivity contribution is 7.99. The highest BCUT2D eigenvalue weighted by atomic mass is 32.2. The van der Waals surface area contributed by atoms with E-state index in [1.165, 1.54) is 12.1 Å². The number of carbonyl (C=O) groups excluding carboxylic acids is 1. The summed E-state index contributed by atoms with van der Waals surface area (Å²) in [6.45, 7) is 1.17. The van der Waals surface area contributed by atoms with Gasteiger partial charge >= 0.3 is 6.03 Å². The second kappa shape index (κ2) is 6.83. The maximum atomic E-state index is 13.4. The van der Waals surface area contributed by atoms with Crippen LogP contribution in [0.15, 0.2) is 54.6 Å². The summed E-state index contributed by atoms with van der Waals surface area (Å²) in [4.78, 5) is 14.2.